The number of carbonyl (C=O) groups excluding carboxylic acids is 1. The lowest BCUT2D eigenvalue weighted by atomic mass is 10.1. The molecule has 0 N–H and O–H groups in total. The molecule has 0 atom stereocenters. The molecule has 2 heterocycles. The number of aliphatic imine (C=N–C) groups is 1. The Kier molecular flexibility index (Phi) is 3.93. The van der Waals surface area contributed by atoms with Crippen LogP contribution < -0.4 is 14.2 Å². The molecule has 0 saturated carbocycles. The van der Waals surface area contributed by atoms with E-state index in [2.05, 4.69) is 20.9 Å². The third-order valence-electron chi connectivity index (χ3n) is 3.72. The van der Waals surface area contributed by atoms with Gasteiger partial charge in [-0.3, -0.25) is 0 Å². The predicted molar refractivity (Wildman–Crippen MR) is 93.9 cm³/mol. The van der Waals surface area contributed by atoms with Crippen LogP contribution in [0, 0.1) is 0 Å². The summed E-state index contributed by atoms with van der Waals surface area (Å²) in [7, 11) is 1.57. The van der Waals surface area contributed by atoms with Crippen molar-refractivity contribution in [3.05, 3.63) is 57.7 Å². The van der Waals surface area contributed by atoms with Crippen LogP contribution in [0.4, 0.5) is 0 Å². The number of methoxy groups -OCH3 is 1. The van der Waals surface area contributed by atoms with Gasteiger partial charge in [0.05, 0.1) is 7.11 Å². The highest BCUT2D eigenvalue weighted by Crippen LogP contribution is 2.34. The van der Waals surface area contributed by atoms with Crippen LogP contribution in [0.2, 0.25) is 0 Å². The van der Waals surface area contributed by atoms with Gasteiger partial charge in [0.15, 0.2) is 17.2 Å². The van der Waals surface area contributed by atoms with Crippen molar-refractivity contribution < 1.29 is 23.7 Å². The van der Waals surface area contributed by atoms with Crippen molar-refractivity contribution in [1.82, 2.24) is 0 Å². The number of ether oxygens (including phenoxy) is 4. The molecular formula is C18H12BrNO5. The summed E-state index contributed by atoms with van der Waals surface area (Å²) in [6.07, 6.45) is 1.63. The Balaban J connectivity index is 1.70. The van der Waals surface area contributed by atoms with Crippen LogP contribution in [0.25, 0.3) is 6.08 Å². The monoisotopic (exact) mass is 401 g/mol. The van der Waals surface area contributed by atoms with Gasteiger partial charge in [-0.05, 0) is 42.5 Å². The summed E-state index contributed by atoms with van der Waals surface area (Å²) >= 11 is 3.40. The molecule has 0 radical (unpaired) electrons. The van der Waals surface area contributed by atoms with Crippen molar-refractivity contribution in [3.8, 4) is 17.2 Å². The van der Waals surface area contributed by atoms with Crippen LogP contribution >= 0.6 is 15.9 Å². The number of rotatable bonds is 3. The van der Waals surface area contributed by atoms with Crippen molar-refractivity contribution in [2.75, 3.05) is 13.9 Å². The van der Waals surface area contributed by atoms with E-state index in [1.807, 2.05) is 12.1 Å². The molecule has 0 amide bonds. The van der Waals surface area contributed by atoms with E-state index in [0.717, 1.165) is 10.0 Å². The zero-order valence-corrected chi connectivity index (χ0v) is 14.7. The highest BCUT2D eigenvalue weighted by atomic mass is 79.9. The highest BCUT2D eigenvalue weighted by molar-refractivity contribution is 9.10. The fourth-order valence-electron chi connectivity index (χ4n) is 2.53. The SMILES string of the molecule is COc1ccc(Br)cc1C=C1N=C(c2ccc3c(c2)OCO3)OC1=O. The zero-order valence-electron chi connectivity index (χ0n) is 13.1. The first kappa shape index (κ1) is 15.7. The van der Waals surface area contributed by atoms with Gasteiger partial charge in [0.1, 0.15) is 5.75 Å². The lowest BCUT2D eigenvalue weighted by Gasteiger charge is -2.04. The quantitative estimate of drug-likeness (QED) is 0.581. The third kappa shape index (κ3) is 2.98. The average Bonchev–Trinajstić information content (AvgIpc) is 3.21. The van der Waals surface area contributed by atoms with E-state index in [9.17, 15) is 4.79 Å². The van der Waals surface area contributed by atoms with E-state index in [1.54, 1.807) is 37.5 Å². The summed E-state index contributed by atoms with van der Waals surface area (Å²) in [4.78, 5) is 16.5. The molecule has 4 rings (SSSR count). The van der Waals surface area contributed by atoms with Gasteiger partial charge < -0.3 is 18.9 Å². The fourth-order valence-corrected chi connectivity index (χ4v) is 2.91. The number of halogens is 1. The molecule has 2 aromatic carbocycles. The van der Waals surface area contributed by atoms with Gasteiger partial charge in [0.2, 0.25) is 12.7 Å². The normalized spacial score (nSPS) is 16.8. The number of hydrogen-bond acceptors (Lipinski definition) is 6. The van der Waals surface area contributed by atoms with Gasteiger partial charge in [-0.2, -0.15) is 0 Å². The Morgan fingerprint density at radius 2 is 2.00 bits per heavy atom. The first-order valence-corrected chi connectivity index (χ1v) is 8.19. The minimum absolute atomic E-state index is 0.179. The van der Waals surface area contributed by atoms with Gasteiger partial charge in [-0.1, -0.05) is 15.9 Å². The van der Waals surface area contributed by atoms with E-state index in [0.29, 0.717) is 22.8 Å². The van der Waals surface area contributed by atoms with Crippen molar-refractivity contribution in [1.29, 1.82) is 0 Å². The Morgan fingerprint density at radius 1 is 1.16 bits per heavy atom. The molecule has 25 heavy (non-hydrogen) atoms. The third-order valence-corrected chi connectivity index (χ3v) is 4.22. The second-order valence-electron chi connectivity index (χ2n) is 5.29. The molecule has 7 heteroatoms. The number of fused-ring (bicyclic) bond motifs is 1. The number of esters is 1. The van der Waals surface area contributed by atoms with Crippen LogP contribution in [0.15, 0.2) is 51.6 Å². The van der Waals surface area contributed by atoms with E-state index in [-0.39, 0.29) is 18.4 Å². The second-order valence-corrected chi connectivity index (χ2v) is 6.21. The predicted octanol–water partition coefficient (Wildman–Crippen LogP) is 3.53. The lowest BCUT2D eigenvalue weighted by molar-refractivity contribution is -0.129. The van der Waals surface area contributed by atoms with E-state index in [4.69, 9.17) is 18.9 Å². The summed E-state index contributed by atoms with van der Waals surface area (Å²) in [5.41, 5.74) is 1.56. The molecule has 0 saturated heterocycles. The summed E-state index contributed by atoms with van der Waals surface area (Å²) in [6.45, 7) is 0.179. The number of nitrogens with zero attached hydrogens (tertiary/aromatic N) is 1. The maximum atomic E-state index is 12.2. The molecule has 2 aromatic rings. The van der Waals surface area contributed by atoms with E-state index >= 15 is 0 Å². The molecule has 0 bridgehead atoms. The molecule has 0 aliphatic carbocycles. The summed E-state index contributed by atoms with van der Waals surface area (Å²) < 4.78 is 22.1. The van der Waals surface area contributed by atoms with Crippen molar-refractivity contribution in [2.24, 2.45) is 4.99 Å². The number of benzene rings is 2. The Bertz CT molecular complexity index is 935. The number of hydrogen-bond donors (Lipinski definition) is 0. The smallest absolute Gasteiger partial charge is 0.363 e. The number of cyclic esters (lactones) is 1. The molecule has 126 valence electrons. The molecule has 0 aromatic heterocycles. The molecule has 0 fully saturated rings. The van der Waals surface area contributed by atoms with Gasteiger partial charge in [-0.15, -0.1) is 0 Å². The van der Waals surface area contributed by atoms with Crippen molar-refractivity contribution in [2.45, 2.75) is 0 Å². The summed E-state index contributed by atoms with van der Waals surface area (Å²) in [5, 5.41) is 0. The average molecular weight is 402 g/mol. The minimum atomic E-state index is -0.519. The Hall–Kier alpha value is -2.80. The molecule has 2 aliphatic heterocycles. The van der Waals surface area contributed by atoms with Gasteiger partial charge in [0, 0.05) is 15.6 Å². The van der Waals surface area contributed by atoms with Crippen LogP contribution in [0.1, 0.15) is 11.1 Å². The molecular weight excluding hydrogens is 390 g/mol. The van der Waals surface area contributed by atoms with E-state index in [1.165, 1.54) is 0 Å². The molecule has 0 unspecified atom stereocenters. The highest BCUT2D eigenvalue weighted by Gasteiger charge is 2.26. The summed E-state index contributed by atoms with van der Waals surface area (Å²) in [6, 6.07) is 10.8. The van der Waals surface area contributed by atoms with Gasteiger partial charge >= 0.3 is 5.97 Å². The first-order valence-electron chi connectivity index (χ1n) is 7.40. The minimum Gasteiger partial charge on any atom is -0.496 e. The van der Waals surface area contributed by atoms with Crippen LogP contribution in [0.5, 0.6) is 17.2 Å². The van der Waals surface area contributed by atoms with Crippen molar-refractivity contribution >= 4 is 33.9 Å². The van der Waals surface area contributed by atoms with Crippen LogP contribution in [0.3, 0.4) is 0 Å². The Labute approximate surface area is 151 Å². The molecule has 2 aliphatic rings. The standard InChI is InChI=1S/C18H12BrNO5/c1-22-14-5-3-12(19)6-11(14)7-13-18(21)25-17(20-13)10-2-4-15-16(8-10)24-9-23-15/h2-8H,9H2,1H3. The maximum absolute atomic E-state index is 12.2. The summed E-state index contributed by atoms with van der Waals surface area (Å²) in [5.74, 6) is 1.60. The van der Waals surface area contributed by atoms with Gasteiger partial charge in [0.25, 0.3) is 0 Å². The maximum Gasteiger partial charge on any atom is 0.363 e. The van der Waals surface area contributed by atoms with E-state index < -0.39 is 5.97 Å². The lowest BCUT2D eigenvalue weighted by Crippen LogP contribution is -2.05. The van der Waals surface area contributed by atoms with Crippen LogP contribution in [-0.2, 0) is 9.53 Å². The molecule has 6 nitrogen and oxygen atoms in total. The molecule has 0 spiro atoms. The van der Waals surface area contributed by atoms with Crippen LogP contribution in [-0.4, -0.2) is 25.8 Å². The largest absolute Gasteiger partial charge is 0.496 e. The zero-order chi connectivity index (χ0) is 17.4. The fraction of sp³-hybridized carbons (Fsp3) is 0.111. The Morgan fingerprint density at radius 3 is 2.84 bits per heavy atom. The first-order chi connectivity index (χ1) is 12.1. The topological polar surface area (TPSA) is 66.3 Å². The van der Waals surface area contributed by atoms with Crippen molar-refractivity contribution in [3.63, 3.8) is 0 Å². The van der Waals surface area contributed by atoms with Gasteiger partial charge in [-0.25, -0.2) is 9.79 Å². The number of carbonyl (C=O) groups is 1. The second kappa shape index (κ2) is 6.25.